The molecule has 6 heteroatoms. The molecule has 0 unspecified atom stereocenters. The smallest absolute Gasteiger partial charge is 0.261 e. The Bertz CT molecular complexity index is 674. The van der Waals surface area contributed by atoms with Crippen molar-refractivity contribution in [3.63, 3.8) is 0 Å². The lowest BCUT2D eigenvalue weighted by atomic mass is 9.87. The first-order valence-corrected chi connectivity index (χ1v) is 6.35. The Balaban J connectivity index is 2.03. The minimum atomic E-state index is -0.356. The first-order valence-electron chi connectivity index (χ1n) is 5.97. The van der Waals surface area contributed by atoms with Gasteiger partial charge < -0.3 is 9.84 Å². The van der Waals surface area contributed by atoms with Crippen LogP contribution in [0.2, 0.25) is 5.02 Å². The molecule has 5 nitrogen and oxygen atoms in total. The first kappa shape index (κ1) is 12.6. The van der Waals surface area contributed by atoms with E-state index in [4.69, 9.17) is 16.3 Å². The second kappa shape index (κ2) is 4.59. The van der Waals surface area contributed by atoms with Crippen LogP contribution < -0.4 is 5.56 Å². The normalized spacial score (nSPS) is 17.4. The Labute approximate surface area is 114 Å². The number of ether oxygens (including phenoxy) is 1. The summed E-state index contributed by atoms with van der Waals surface area (Å²) >= 11 is 5.87. The van der Waals surface area contributed by atoms with Crippen LogP contribution >= 0.6 is 11.6 Å². The maximum atomic E-state index is 12.3. The maximum Gasteiger partial charge on any atom is 0.261 e. The molecule has 1 aliphatic heterocycles. The highest BCUT2D eigenvalue weighted by Gasteiger charge is 2.38. The van der Waals surface area contributed by atoms with Crippen LogP contribution in [0, 0.1) is 5.41 Å². The van der Waals surface area contributed by atoms with Crippen molar-refractivity contribution in [2.75, 3.05) is 19.8 Å². The van der Waals surface area contributed by atoms with E-state index < -0.39 is 0 Å². The van der Waals surface area contributed by atoms with E-state index in [1.165, 1.54) is 10.9 Å². The zero-order valence-electron chi connectivity index (χ0n) is 10.2. The fourth-order valence-corrected chi connectivity index (χ4v) is 2.40. The van der Waals surface area contributed by atoms with Crippen LogP contribution in [0.15, 0.2) is 29.3 Å². The minimum absolute atomic E-state index is 0.00189. The average molecular weight is 281 g/mol. The van der Waals surface area contributed by atoms with Gasteiger partial charge in [0.15, 0.2) is 0 Å². The number of aliphatic hydroxyl groups excluding tert-OH is 1. The van der Waals surface area contributed by atoms with E-state index in [2.05, 4.69) is 4.98 Å². The number of nitrogens with zero attached hydrogens (tertiary/aromatic N) is 2. The summed E-state index contributed by atoms with van der Waals surface area (Å²) in [5.74, 6) is 0. The van der Waals surface area contributed by atoms with Crippen LogP contribution in [0.4, 0.5) is 0 Å². The Kier molecular flexibility index (Phi) is 3.05. The number of fused-ring (bicyclic) bond motifs is 1. The highest BCUT2D eigenvalue weighted by molar-refractivity contribution is 6.31. The summed E-state index contributed by atoms with van der Waals surface area (Å²) < 4.78 is 6.65. The summed E-state index contributed by atoms with van der Waals surface area (Å²) in [6.07, 6.45) is 1.50. The molecule has 1 N–H and O–H groups in total. The number of hydrogen-bond acceptors (Lipinski definition) is 4. The van der Waals surface area contributed by atoms with Crippen molar-refractivity contribution in [1.29, 1.82) is 0 Å². The standard InChI is InChI=1S/C13H13ClN2O3/c14-9-1-2-10-11(3-9)15-8-16(12(10)18)4-13(5-17)6-19-7-13/h1-3,8,17H,4-7H2. The van der Waals surface area contributed by atoms with Crippen LogP contribution in [0.3, 0.4) is 0 Å². The number of hydrogen-bond donors (Lipinski definition) is 1. The Morgan fingerprint density at radius 3 is 2.89 bits per heavy atom. The van der Waals surface area contributed by atoms with Crippen molar-refractivity contribution >= 4 is 22.5 Å². The van der Waals surface area contributed by atoms with E-state index in [1.54, 1.807) is 18.2 Å². The molecule has 0 amide bonds. The molecular weight excluding hydrogens is 268 g/mol. The number of aromatic nitrogens is 2. The topological polar surface area (TPSA) is 64.4 Å². The van der Waals surface area contributed by atoms with Crippen LogP contribution in [-0.4, -0.2) is 34.5 Å². The minimum Gasteiger partial charge on any atom is -0.396 e. The Morgan fingerprint density at radius 2 is 2.26 bits per heavy atom. The van der Waals surface area contributed by atoms with Gasteiger partial charge in [-0.05, 0) is 18.2 Å². The molecule has 3 rings (SSSR count). The lowest BCUT2D eigenvalue weighted by Gasteiger charge is -2.39. The van der Waals surface area contributed by atoms with E-state index in [0.29, 0.717) is 35.7 Å². The third-order valence-electron chi connectivity index (χ3n) is 3.44. The second-order valence-corrected chi connectivity index (χ2v) is 5.43. The zero-order chi connectivity index (χ0) is 13.5. The molecule has 100 valence electrons. The number of benzene rings is 1. The van der Waals surface area contributed by atoms with Crippen LogP contribution in [0.25, 0.3) is 10.9 Å². The highest BCUT2D eigenvalue weighted by Crippen LogP contribution is 2.28. The summed E-state index contributed by atoms with van der Waals surface area (Å²) in [5.41, 5.74) is 0.101. The van der Waals surface area contributed by atoms with Gasteiger partial charge in [0.2, 0.25) is 0 Å². The second-order valence-electron chi connectivity index (χ2n) is 4.99. The molecule has 19 heavy (non-hydrogen) atoms. The molecule has 0 spiro atoms. The molecule has 0 aliphatic carbocycles. The fourth-order valence-electron chi connectivity index (χ4n) is 2.23. The van der Waals surface area contributed by atoms with Gasteiger partial charge in [0.05, 0.1) is 42.5 Å². The molecule has 1 aliphatic rings. The van der Waals surface area contributed by atoms with Crippen molar-refractivity contribution < 1.29 is 9.84 Å². The molecule has 0 saturated carbocycles. The highest BCUT2D eigenvalue weighted by atomic mass is 35.5. The predicted molar refractivity (Wildman–Crippen MR) is 71.4 cm³/mol. The molecule has 2 heterocycles. The van der Waals surface area contributed by atoms with Gasteiger partial charge >= 0.3 is 0 Å². The molecule has 2 aromatic rings. The number of halogens is 1. The van der Waals surface area contributed by atoms with E-state index in [1.807, 2.05) is 0 Å². The molecule has 1 aromatic carbocycles. The Morgan fingerprint density at radius 1 is 1.47 bits per heavy atom. The summed E-state index contributed by atoms with van der Waals surface area (Å²) in [5, 5.41) is 10.5. The summed E-state index contributed by atoms with van der Waals surface area (Å²) in [4.78, 5) is 16.6. The van der Waals surface area contributed by atoms with E-state index in [0.717, 1.165) is 0 Å². The molecule has 0 bridgehead atoms. The molecular formula is C13H13ClN2O3. The summed E-state index contributed by atoms with van der Waals surface area (Å²) in [7, 11) is 0. The van der Waals surface area contributed by atoms with Gasteiger partial charge in [-0.2, -0.15) is 0 Å². The average Bonchev–Trinajstić information content (AvgIpc) is 2.36. The quantitative estimate of drug-likeness (QED) is 0.913. The van der Waals surface area contributed by atoms with E-state index >= 15 is 0 Å². The SMILES string of the molecule is O=c1c2ccc(Cl)cc2ncn1CC1(CO)COC1. The van der Waals surface area contributed by atoms with Crippen LogP contribution in [0.5, 0.6) is 0 Å². The summed E-state index contributed by atoms with van der Waals surface area (Å²) in [6.45, 7) is 1.34. The predicted octanol–water partition coefficient (Wildman–Crippen LogP) is 1.06. The van der Waals surface area contributed by atoms with Gasteiger partial charge in [0, 0.05) is 11.6 Å². The van der Waals surface area contributed by atoms with Gasteiger partial charge in [0.25, 0.3) is 5.56 Å². The van der Waals surface area contributed by atoms with Gasteiger partial charge in [-0.15, -0.1) is 0 Å². The third-order valence-corrected chi connectivity index (χ3v) is 3.68. The number of aliphatic hydroxyl groups is 1. The van der Waals surface area contributed by atoms with Crippen molar-refractivity contribution in [1.82, 2.24) is 9.55 Å². The molecule has 0 radical (unpaired) electrons. The number of rotatable bonds is 3. The summed E-state index contributed by atoms with van der Waals surface area (Å²) in [6, 6.07) is 5.01. The van der Waals surface area contributed by atoms with Crippen molar-refractivity contribution in [3.8, 4) is 0 Å². The van der Waals surface area contributed by atoms with Crippen LogP contribution in [-0.2, 0) is 11.3 Å². The maximum absolute atomic E-state index is 12.3. The molecule has 1 aromatic heterocycles. The van der Waals surface area contributed by atoms with Crippen molar-refractivity contribution in [3.05, 3.63) is 39.9 Å². The lowest BCUT2D eigenvalue weighted by molar-refractivity contribution is -0.145. The fraction of sp³-hybridized carbons (Fsp3) is 0.385. The lowest BCUT2D eigenvalue weighted by Crippen LogP contribution is -2.50. The van der Waals surface area contributed by atoms with Gasteiger partial charge in [0.1, 0.15) is 0 Å². The van der Waals surface area contributed by atoms with Gasteiger partial charge in [-0.1, -0.05) is 11.6 Å². The van der Waals surface area contributed by atoms with Gasteiger partial charge in [-0.25, -0.2) is 4.98 Å². The van der Waals surface area contributed by atoms with Gasteiger partial charge in [-0.3, -0.25) is 9.36 Å². The van der Waals surface area contributed by atoms with Crippen molar-refractivity contribution in [2.24, 2.45) is 5.41 Å². The molecule has 1 saturated heterocycles. The molecule has 1 fully saturated rings. The van der Waals surface area contributed by atoms with Crippen LogP contribution in [0.1, 0.15) is 0 Å². The monoisotopic (exact) mass is 280 g/mol. The first-order chi connectivity index (χ1) is 9.13. The zero-order valence-corrected chi connectivity index (χ0v) is 10.9. The molecule has 0 atom stereocenters. The third kappa shape index (κ3) is 2.14. The largest absolute Gasteiger partial charge is 0.396 e. The Hall–Kier alpha value is -1.43. The van der Waals surface area contributed by atoms with Crippen molar-refractivity contribution in [2.45, 2.75) is 6.54 Å². The van der Waals surface area contributed by atoms with E-state index in [9.17, 15) is 9.90 Å². The van der Waals surface area contributed by atoms with E-state index in [-0.39, 0.29) is 17.6 Å².